The van der Waals surface area contributed by atoms with Gasteiger partial charge in [-0.25, -0.2) is 4.79 Å². The molecule has 1 saturated heterocycles. The summed E-state index contributed by atoms with van der Waals surface area (Å²) in [6.45, 7) is 5.03. The third-order valence-corrected chi connectivity index (χ3v) is 7.65. The molecular weight excluding hydrogens is 422 g/mol. The van der Waals surface area contributed by atoms with Crippen molar-refractivity contribution in [2.24, 2.45) is 5.41 Å². The van der Waals surface area contributed by atoms with E-state index in [4.69, 9.17) is 4.74 Å². The maximum absolute atomic E-state index is 13.3. The van der Waals surface area contributed by atoms with Crippen LogP contribution in [-0.2, 0) is 20.9 Å². The highest BCUT2D eigenvalue weighted by atomic mass is 16.5. The normalized spacial score (nSPS) is 30.5. The highest BCUT2D eigenvalue weighted by Crippen LogP contribution is 2.48. The molecule has 0 aromatic carbocycles. The highest BCUT2D eigenvalue weighted by molar-refractivity contribution is 5.91. The zero-order valence-electron chi connectivity index (χ0n) is 18.9. The molecule has 10 heteroatoms. The maximum Gasteiger partial charge on any atom is 0.333 e. The number of carbonyl (C=O) groups is 2. The average Bonchev–Trinajstić information content (AvgIpc) is 3.20. The molecule has 1 aliphatic carbocycles. The van der Waals surface area contributed by atoms with E-state index in [0.717, 1.165) is 37.8 Å². The van der Waals surface area contributed by atoms with Gasteiger partial charge in [0, 0.05) is 41.1 Å². The largest absolute Gasteiger partial charge is 0.456 e. The SMILES string of the molecule is CC1CC2(CCC(NCc3ccc(-[n+]4cc5n(n4)C5C)nn3)CC2)C(=O)N1C1=CC(=O)OC1. The van der Waals surface area contributed by atoms with E-state index in [1.807, 2.05) is 23.0 Å². The Labute approximate surface area is 191 Å². The quantitative estimate of drug-likeness (QED) is 0.534. The fourth-order valence-corrected chi connectivity index (χ4v) is 5.69. The second-order valence-electron chi connectivity index (χ2n) is 9.80. The first kappa shape index (κ1) is 20.5. The molecular formula is C23H28N7O3+. The second-order valence-corrected chi connectivity index (χ2v) is 9.80. The minimum Gasteiger partial charge on any atom is -0.456 e. The van der Waals surface area contributed by atoms with Crippen molar-refractivity contribution in [3.63, 3.8) is 0 Å². The van der Waals surface area contributed by atoms with E-state index in [1.54, 1.807) is 9.58 Å². The van der Waals surface area contributed by atoms with Crippen LogP contribution in [0.5, 0.6) is 0 Å². The van der Waals surface area contributed by atoms with Crippen LogP contribution in [0.25, 0.3) is 5.82 Å². The summed E-state index contributed by atoms with van der Waals surface area (Å²) in [4.78, 5) is 26.6. The van der Waals surface area contributed by atoms with Gasteiger partial charge in [0.15, 0.2) is 11.7 Å². The number of rotatable bonds is 5. The van der Waals surface area contributed by atoms with Gasteiger partial charge < -0.3 is 15.0 Å². The lowest BCUT2D eigenvalue weighted by molar-refractivity contribution is -0.667. The van der Waals surface area contributed by atoms with Gasteiger partial charge in [0.2, 0.25) is 5.91 Å². The molecule has 1 N–H and O–H groups in total. The molecule has 1 spiro atoms. The Bertz CT molecular complexity index is 1130. The Kier molecular flexibility index (Phi) is 4.62. The van der Waals surface area contributed by atoms with E-state index in [0.29, 0.717) is 30.1 Å². The van der Waals surface area contributed by atoms with E-state index in [9.17, 15) is 9.59 Å². The van der Waals surface area contributed by atoms with Crippen molar-refractivity contribution in [1.82, 2.24) is 30.3 Å². The molecule has 0 radical (unpaired) electrons. The van der Waals surface area contributed by atoms with Gasteiger partial charge in [-0.15, -0.1) is 4.68 Å². The number of fused-ring (bicyclic) bond motifs is 1. The van der Waals surface area contributed by atoms with Crippen molar-refractivity contribution in [2.75, 3.05) is 6.61 Å². The van der Waals surface area contributed by atoms with E-state index < -0.39 is 0 Å². The van der Waals surface area contributed by atoms with Gasteiger partial charge in [-0.05, 0) is 52.0 Å². The van der Waals surface area contributed by atoms with E-state index in [2.05, 4.69) is 34.6 Å². The molecule has 4 aliphatic rings. The van der Waals surface area contributed by atoms with Gasteiger partial charge >= 0.3 is 11.8 Å². The third-order valence-electron chi connectivity index (χ3n) is 7.65. The van der Waals surface area contributed by atoms with Crippen molar-refractivity contribution in [3.8, 4) is 5.82 Å². The number of nitrogens with one attached hydrogen (secondary N) is 1. The summed E-state index contributed by atoms with van der Waals surface area (Å²) in [5.74, 6) is 0.518. The Morgan fingerprint density at radius 2 is 2.03 bits per heavy atom. The minimum atomic E-state index is -0.356. The van der Waals surface area contributed by atoms with Crippen LogP contribution in [0.4, 0.5) is 0 Å². The van der Waals surface area contributed by atoms with Gasteiger partial charge in [0.05, 0.1) is 16.8 Å². The van der Waals surface area contributed by atoms with Crippen LogP contribution >= 0.6 is 0 Å². The molecule has 2 aromatic rings. The number of hydrogen-bond donors (Lipinski definition) is 1. The fraction of sp³-hybridized carbons (Fsp3) is 0.565. The molecule has 2 aromatic heterocycles. The average molecular weight is 451 g/mol. The predicted molar refractivity (Wildman–Crippen MR) is 115 cm³/mol. The topological polar surface area (TPSA) is 106 Å². The predicted octanol–water partition coefficient (Wildman–Crippen LogP) is 0.953. The third kappa shape index (κ3) is 3.43. The summed E-state index contributed by atoms with van der Waals surface area (Å²) in [6, 6.07) is 4.78. The van der Waals surface area contributed by atoms with Gasteiger partial charge in [0.25, 0.3) is 0 Å². The molecule has 3 aliphatic heterocycles. The summed E-state index contributed by atoms with van der Waals surface area (Å²) in [5, 5.41) is 16.7. The number of carbonyl (C=O) groups excluding carboxylic acids is 2. The summed E-state index contributed by atoms with van der Waals surface area (Å²) < 4.78 is 8.74. The van der Waals surface area contributed by atoms with Gasteiger partial charge in [0.1, 0.15) is 12.8 Å². The molecule has 0 bridgehead atoms. The second kappa shape index (κ2) is 7.44. The van der Waals surface area contributed by atoms with Gasteiger partial charge in [-0.1, -0.05) is 5.10 Å². The molecule has 6 rings (SSSR count). The number of likely N-dealkylation sites (tertiary alicyclic amines) is 1. The Morgan fingerprint density at radius 3 is 2.67 bits per heavy atom. The van der Waals surface area contributed by atoms with Crippen LogP contribution in [0.1, 0.15) is 63.4 Å². The first-order valence-corrected chi connectivity index (χ1v) is 11.7. The number of ether oxygens (including phenoxy) is 1. The molecule has 1 amide bonds. The monoisotopic (exact) mass is 450 g/mol. The number of esters is 1. The Balaban J connectivity index is 1.03. The summed E-state index contributed by atoms with van der Waals surface area (Å²) in [6.07, 6.45) is 7.90. The zero-order valence-corrected chi connectivity index (χ0v) is 18.9. The van der Waals surface area contributed by atoms with Crippen LogP contribution in [-0.4, -0.2) is 55.6 Å². The molecule has 10 nitrogen and oxygen atoms in total. The lowest BCUT2D eigenvalue weighted by Crippen LogP contribution is -2.42. The van der Waals surface area contributed by atoms with E-state index in [-0.39, 0.29) is 29.9 Å². The summed E-state index contributed by atoms with van der Waals surface area (Å²) in [5.41, 5.74) is 2.49. The lowest BCUT2D eigenvalue weighted by Gasteiger charge is -2.36. The van der Waals surface area contributed by atoms with Gasteiger partial charge in [-0.3, -0.25) is 4.79 Å². The van der Waals surface area contributed by atoms with Crippen LogP contribution < -0.4 is 10.00 Å². The zero-order chi connectivity index (χ0) is 22.7. The van der Waals surface area contributed by atoms with Gasteiger partial charge in [-0.2, -0.15) is 4.68 Å². The molecule has 2 atom stereocenters. The highest BCUT2D eigenvalue weighted by Gasteiger charge is 2.52. The van der Waals surface area contributed by atoms with E-state index in [1.165, 1.54) is 11.8 Å². The first-order chi connectivity index (χ1) is 15.9. The van der Waals surface area contributed by atoms with E-state index >= 15 is 0 Å². The van der Waals surface area contributed by atoms with Crippen molar-refractivity contribution >= 4 is 11.9 Å². The fourth-order valence-electron chi connectivity index (χ4n) is 5.69. The molecule has 5 heterocycles. The van der Waals surface area contributed by atoms with Crippen molar-refractivity contribution in [2.45, 2.75) is 70.6 Å². The molecule has 33 heavy (non-hydrogen) atoms. The number of amides is 1. The van der Waals surface area contributed by atoms with Crippen molar-refractivity contribution in [3.05, 3.63) is 41.5 Å². The number of cyclic esters (lactones) is 1. The lowest BCUT2D eigenvalue weighted by atomic mass is 9.70. The van der Waals surface area contributed by atoms with Crippen LogP contribution in [0, 0.1) is 5.41 Å². The van der Waals surface area contributed by atoms with Crippen LogP contribution in [0.15, 0.2) is 30.1 Å². The molecule has 1 saturated carbocycles. The molecule has 2 fully saturated rings. The van der Waals surface area contributed by atoms with Crippen molar-refractivity contribution < 1.29 is 19.0 Å². The maximum atomic E-state index is 13.3. The number of hydrogen-bond acceptors (Lipinski definition) is 7. The molecule has 2 unspecified atom stereocenters. The number of aromatic nitrogens is 5. The first-order valence-electron chi connectivity index (χ1n) is 11.7. The van der Waals surface area contributed by atoms with Crippen LogP contribution in [0.3, 0.4) is 0 Å². The van der Waals surface area contributed by atoms with Crippen molar-refractivity contribution in [1.29, 1.82) is 0 Å². The standard InChI is InChI=1S/C23H28N7O3/c1-14-10-23(22(32)29(14)18-9-21(31)33-13-18)7-5-16(6-8-23)24-11-17-3-4-20(26-25-17)28-12-19-15(2)30(19)27-28/h3-4,9,12,14-16,24H,5-8,10-11,13H2,1-2H3/q+1. The summed E-state index contributed by atoms with van der Waals surface area (Å²) >= 11 is 0. The Hall–Kier alpha value is -3.14. The molecule has 172 valence electrons. The number of nitrogens with zero attached hydrogens (tertiary/aromatic N) is 6. The summed E-state index contributed by atoms with van der Waals surface area (Å²) in [7, 11) is 0. The minimum absolute atomic E-state index is 0.0976. The Morgan fingerprint density at radius 1 is 1.21 bits per heavy atom. The smallest absolute Gasteiger partial charge is 0.333 e. The van der Waals surface area contributed by atoms with Crippen LogP contribution in [0.2, 0.25) is 0 Å².